The van der Waals surface area contributed by atoms with E-state index in [1.165, 1.54) is 16.9 Å². The topological polar surface area (TPSA) is 18.5 Å². The number of hydrogen-bond donors (Lipinski definition) is 1. The van der Waals surface area contributed by atoms with Crippen LogP contribution in [0.5, 0.6) is 0 Å². The van der Waals surface area contributed by atoms with Crippen molar-refractivity contribution in [2.75, 3.05) is 29.4 Å². The second-order valence-corrected chi connectivity index (χ2v) is 5.87. The van der Waals surface area contributed by atoms with Crippen LogP contribution in [0.3, 0.4) is 0 Å². The minimum atomic E-state index is 0.355. The van der Waals surface area contributed by atoms with E-state index in [1.54, 1.807) is 0 Å². The average Bonchev–Trinajstić information content (AvgIpc) is 2.98. The first kappa shape index (κ1) is 15.9. The van der Waals surface area contributed by atoms with Gasteiger partial charge in [-0.1, -0.05) is 49.4 Å². The lowest BCUT2D eigenvalue weighted by molar-refractivity contribution is 0.569. The quantitative estimate of drug-likeness (QED) is 0.774. The molecule has 0 saturated carbocycles. The molecule has 1 heterocycles. The zero-order chi connectivity index (χ0) is 16.1. The van der Waals surface area contributed by atoms with Gasteiger partial charge in [0.25, 0.3) is 0 Å². The summed E-state index contributed by atoms with van der Waals surface area (Å²) in [6.45, 7) is 9.66. The first-order valence-corrected chi connectivity index (χ1v) is 8.59. The van der Waals surface area contributed by atoms with Gasteiger partial charge in [0.1, 0.15) is 6.67 Å². The molecule has 0 aromatic heterocycles. The Labute approximate surface area is 139 Å². The fourth-order valence-electron chi connectivity index (χ4n) is 3.26. The van der Waals surface area contributed by atoms with Crippen molar-refractivity contribution in [3.8, 4) is 0 Å². The maximum Gasteiger partial charge on any atom is 0.142 e. The van der Waals surface area contributed by atoms with Gasteiger partial charge in [0.2, 0.25) is 0 Å². The van der Waals surface area contributed by atoms with E-state index in [0.717, 1.165) is 26.1 Å². The fraction of sp³-hybridized carbons (Fsp3) is 0.350. The molecule has 1 aliphatic heterocycles. The third-order valence-corrected chi connectivity index (χ3v) is 4.44. The number of nitrogens with zero attached hydrogens (tertiary/aromatic N) is 2. The lowest BCUT2D eigenvalue weighted by Gasteiger charge is -2.30. The van der Waals surface area contributed by atoms with E-state index in [-0.39, 0.29) is 0 Å². The largest absolute Gasteiger partial charge is 0.346 e. The van der Waals surface area contributed by atoms with Crippen LogP contribution in [0.2, 0.25) is 0 Å². The summed E-state index contributed by atoms with van der Waals surface area (Å²) in [5.74, 6) is 0. The van der Waals surface area contributed by atoms with Gasteiger partial charge >= 0.3 is 0 Å². The minimum absolute atomic E-state index is 0.355. The Morgan fingerprint density at radius 2 is 1.61 bits per heavy atom. The minimum Gasteiger partial charge on any atom is -0.346 e. The molecule has 2 aromatic carbocycles. The third kappa shape index (κ3) is 3.35. The van der Waals surface area contributed by atoms with Crippen molar-refractivity contribution in [2.24, 2.45) is 0 Å². The number of para-hydroxylation sites is 2. The van der Waals surface area contributed by atoms with Crippen LogP contribution in [0.15, 0.2) is 54.6 Å². The Morgan fingerprint density at radius 1 is 0.913 bits per heavy atom. The molecule has 0 saturated heterocycles. The zero-order valence-corrected chi connectivity index (χ0v) is 14.1. The number of hydrogen-bond acceptors (Lipinski definition) is 3. The molecule has 0 aliphatic carbocycles. The van der Waals surface area contributed by atoms with Crippen LogP contribution in [-0.2, 0) is 0 Å². The Morgan fingerprint density at radius 3 is 2.30 bits per heavy atom. The van der Waals surface area contributed by atoms with Gasteiger partial charge in [-0.25, -0.2) is 0 Å². The summed E-state index contributed by atoms with van der Waals surface area (Å²) >= 11 is 0. The van der Waals surface area contributed by atoms with Gasteiger partial charge in [-0.15, -0.1) is 0 Å². The zero-order valence-electron chi connectivity index (χ0n) is 14.1. The molecule has 2 aromatic rings. The monoisotopic (exact) mass is 308 g/mol. The van der Waals surface area contributed by atoms with Gasteiger partial charge in [-0.05, 0) is 44.1 Å². The molecule has 3 rings (SSSR count). The van der Waals surface area contributed by atoms with Crippen LogP contribution in [0.25, 0.3) is 0 Å². The molecule has 1 N–H and O–H groups in total. The lowest BCUT2D eigenvalue weighted by atomic mass is 10.0. The van der Waals surface area contributed by atoms with Crippen molar-refractivity contribution >= 4 is 11.4 Å². The van der Waals surface area contributed by atoms with Crippen LogP contribution >= 0.6 is 0 Å². The van der Waals surface area contributed by atoms with Crippen LogP contribution in [0.1, 0.15) is 31.9 Å². The van der Waals surface area contributed by atoms with Gasteiger partial charge in [-0.2, -0.15) is 0 Å². The van der Waals surface area contributed by atoms with Gasteiger partial charge in [0.05, 0.1) is 17.4 Å². The second-order valence-electron chi connectivity index (χ2n) is 5.87. The molecular weight excluding hydrogens is 282 g/mol. The molecule has 3 nitrogen and oxygen atoms in total. The SMILES string of the molecule is CCNCCC(c1ccccc1)N1[CH]N(CC)c2ccccc21. The van der Waals surface area contributed by atoms with Crippen molar-refractivity contribution in [3.05, 3.63) is 66.8 Å². The summed E-state index contributed by atoms with van der Waals surface area (Å²) in [6, 6.07) is 19.9. The number of rotatable bonds is 7. The predicted molar refractivity (Wildman–Crippen MR) is 98.6 cm³/mol. The summed E-state index contributed by atoms with van der Waals surface area (Å²) in [5.41, 5.74) is 3.98. The van der Waals surface area contributed by atoms with E-state index in [2.05, 4.69) is 90.2 Å². The lowest BCUT2D eigenvalue weighted by Crippen LogP contribution is -2.31. The van der Waals surface area contributed by atoms with Crippen molar-refractivity contribution in [2.45, 2.75) is 26.3 Å². The molecule has 1 radical (unpaired) electrons. The number of anilines is 2. The van der Waals surface area contributed by atoms with Gasteiger partial charge in [-0.3, -0.25) is 0 Å². The van der Waals surface area contributed by atoms with E-state index in [9.17, 15) is 0 Å². The Hall–Kier alpha value is -2.00. The number of fused-ring (bicyclic) bond motifs is 1. The molecule has 23 heavy (non-hydrogen) atoms. The summed E-state index contributed by atoms with van der Waals surface area (Å²) in [6.07, 6.45) is 1.08. The fourth-order valence-corrected chi connectivity index (χ4v) is 3.26. The van der Waals surface area contributed by atoms with Gasteiger partial charge in [0.15, 0.2) is 0 Å². The maximum absolute atomic E-state index is 3.47. The highest BCUT2D eigenvalue weighted by Gasteiger charge is 2.31. The molecule has 121 valence electrons. The molecule has 0 bridgehead atoms. The molecule has 0 spiro atoms. The predicted octanol–water partition coefficient (Wildman–Crippen LogP) is 4.19. The van der Waals surface area contributed by atoms with Gasteiger partial charge < -0.3 is 15.1 Å². The van der Waals surface area contributed by atoms with Crippen LogP contribution in [0, 0.1) is 6.67 Å². The van der Waals surface area contributed by atoms with Crippen molar-refractivity contribution < 1.29 is 0 Å². The van der Waals surface area contributed by atoms with Crippen LogP contribution in [0.4, 0.5) is 11.4 Å². The molecule has 1 atom stereocenters. The summed E-state index contributed by atoms with van der Waals surface area (Å²) in [7, 11) is 0. The van der Waals surface area contributed by atoms with E-state index < -0.39 is 0 Å². The van der Waals surface area contributed by atoms with E-state index in [1.807, 2.05) is 0 Å². The Bertz CT molecular complexity index is 611. The van der Waals surface area contributed by atoms with E-state index in [0.29, 0.717) is 6.04 Å². The number of nitrogens with one attached hydrogen (secondary N) is 1. The highest BCUT2D eigenvalue weighted by Crippen LogP contribution is 2.43. The van der Waals surface area contributed by atoms with Crippen LogP contribution in [-0.4, -0.2) is 19.6 Å². The van der Waals surface area contributed by atoms with Crippen molar-refractivity contribution in [1.82, 2.24) is 5.32 Å². The maximum atomic E-state index is 3.47. The van der Waals surface area contributed by atoms with Crippen LogP contribution < -0.4 is 15.1 Å². The summed E-state index contributed by atoms with van der Waals surface area (Å²) in [4.78, 5) is 4.77. The smallest absolute Gasteiger partial charge is 0.142 e. The Kier molecular flexibility index (Phi) is 5.19. The van der Waals surface area contributed by atoms with Crippen molar-refractivity contribution in [3.63, 3.8) is 0 Å². The molecule has 1 aliphatic rings. The average molecular weight is 308 g/mol. The molecule has 0 amide bonds. The Balaban J connectivity index is 1.91. The van der Waals surface area contributed by atoms with E-state index in [4.69, 9.17) is 0 Å². The first-order valence-electron chi connectivity index (χ1n) is 8.59. The normalized spacial score (nSPS) is 14.9. The van der Waals surface area contributed by atoms with E-state index >= 15 is 0 Å². The molecule has 1 unspecified atom stereocenters. The molecule has 3 heteroatoms. The second kappa shape index (κ2) is 7.51. The van der Waals surface area contributed by atoms with Gasteiger partial charge in [0, 0.05) is 6.54 Å². The summed E-state index contributed by atoms with van der Waals surface area (Å²) in [5, 5.41) is 3.47. The molecular formula is C20H26N3. The standard InChI is InChI=1S/C20H26N3/c1-3-21-15-14-18(17-10-6-5-7-11-17)23-16-22(4-2)19-12-8-9-13-20(19)23/h5-13,16,18,21H,3-4,14-15H2,1-2H3. The highest BCUT2D eigenvalue weighted by atomic mass is 15.4. The van der Waals surface area contributed by atoms with Crippen molar-refractivity contribution in [1.29, 1.82) is 0 Å². The summed E-state index contributed by atoms with van der Waals surface area (Å²) < 4.78 is 0. The molecule has 0 fully saturated rings. The number of benzene rings is 2. The third-order valence-electron chi connectivity index (χ3n) is 4.44. The first-order chi connectivity index (χ1) is 11.3. The highest BCUT2D eigenvalue weighted by molar-refractivity contribution is 5.79.